The van der Waals surface area contributed by atoms with Crippen LogP contribution < -0.4 is 10.1 Å². The molecule has 1 fully saturated rings. The predicted molar refractivity (Wildman–Crippen MR) is 74.3 cm³/mol. The zero-order chi connectivity index (χ0) is 13.9. The number of halogens is 2. The molecule has 1 saturated carbocycles. The average molecular weight is 296 g/mol. The number of nitrogens with one attached hydrogen (secondary N) is 1. The first-order valence-electron chi connectivity index (χ1n) is 6.58. The highest BCUT2D eigenvalue weighted by atomic mass is 35.5. The molecule has 1 aliphatic rings. The Hall–Kier alpha value is -1.52. The molecule has 5 heteroatoms. The van der Waals surface area contributed by atoms with Gasteiger partial charge in [0.15, 0.2) is 0 Å². The Morgan fingerprint density at radius 3 is 2.95 bits per heavy atom. The van der Waals surface area contributed by atoms with Gasteiger partial charge in [-0.3, -0.25) is 0 Å². The standard InChI is InChI=1S/C15H15ClFNO2/c16-14-6-11(17)1-4-15(14)20-9-13-5-10(8-19-13)7-18-12-2-3-12/h1,4-6,8,12,18H,2-3,7,9H2. The van der Waals surface area contributed by atoms with Crippen LogP contribution in [0.25, 0.3) is 0 Å². The first kappa shape index (κ1) is 13.5. The normalized spacial score (nSPS) is 14.5. The van der Waals surface area contributed by atoms with Crippen molar-refractivity contribution >= 4 is 11.6 Å². The van der Waals surface area contributed by atoms with E-state index in [1.807, 2.05) is 6.07 Å². The third-order valence-corrected chi connectivity index (χ3v) is 3.44. The van der Waals surface area contributed by atoms with Crippen LogP contribution in [0.2, 0.25) is 5.02 Å². The van der Waals surface area contributed by atoms with Crippen LogP contribution in [0.1, 0.15) is 24.2 Å². The molecule has 106 valence electrons. The van der Waals surface area contributed by atoms with Gasteiger partial charge in [0, 0.05) is 18.2 Å². The molecule has 0 aliphatic heterocycles. The zero-order valence-electron chi connectivity index (χ0n) is 10.9. The minimum Gasteiger partial charge on any atom is -0.484 e. The molecule has 3 nitrogen and oxygen atoms in total. The van der Waals surface area contributed by atoms with E-state index < -0.39 is 0 Å². The zero-order valence-corrected chi connectivity index (χ0v) is 11.6. The molecule has 0 spiro atoms. The van der Waals surface area contributed by atoms with E-state index in [4.69, 9.17) is 20.8 Å². The summed E-state index contributed by atoms with van der Waals surface area (Å²) in [6.07, 6.45) is 4.24. The van der Waals surface area contributed by atoms with Crippen LogP contribution in [-0.2, 0) is 13.2 Å². The highest BCUT2D eigenvalue weighted by Crippen LogP contribution is 2.26. The van der Waals surface area contributed by atoms with Crippen molar-refractivity contribution in [3.63, 3.8) is 0 Å². The summed E-state index contributed by atoms with van der Waals surface area (Å²) >= 11 is 5.89. The second-order valence-electron chi connectivity index (χ2n) is 4.94. The Morgan fingerprint density at radius 2 is 2.20 bits per heavy atom. The van der Waals surface area contributed by atoms with Gasteiger partial charge in [-0.05, 0) is 37.1 Å². The molecule has 3 rings (SSSR count). The largest absolute Gasteiger partial charge is 0.484 e. The average Bonchev–Trinajstić information content (AvgIpc) is 3.14. The molecule has 0 atom stereocenters. The molecule has 2 aromatic rings. The van der Waals surface area contributed by atoms with Gasteiger partial charge in [0.1, 0.15) is 23.9 Å². The van der Waals surface area contributed by atoms with Gasteiger partial charge in [-0.1, -0.05) is 11.6 Å². The van der Waals surface area contributed by atoms with Crippen LogP contribution in [-0.4, -0.2) is 6.04 Å². The second kappa shape index (κ2) is 5.85. The molecule has 0 bridgehead atoms. The van der Waals surface area contributed by atoms with E-state index >= 15 is 0 Å². The molecule has 1 aliphatic carbocycles. The molecule has 1 heterocycles. The lowest BCUT2D eigenvalue weighted by atomic mass is 10.3. The SMILES string of the molecule is Fc1ccc(OCc2cc(CNC3CC3)co2)c(Cl)c1. The van der Waals surface area contributed by atoms with Gasteiger partial charge in [0.05, 0.1) is 11.3 Å². The van der Waals surface area contributed by atoms with E-state index in [2.05, 4.69) is 5.32 Å². The van der Waals surface area contributed by atoms with Crippen LogP contribution in [0.15, 0.2) is 34.9 Å². The molecule has 0 radical (unpaired) electrons. The van der Waals surface area contributed by atoms with Crippen LogP contribution in [0.4, 0.5) is 4.39 Å². The van der Waals surface area contributed by atoms with Gasteiger partial charge in [0.25, 0.3) is 0 Å². The first-order chi connectivity index (χ1) is 9.70. The van der Waals surface area contributed by atoms with Crippen molar-refractivity contribution in [3.05, 3.63) is 52.7 Å². The summed E-state index contributed by atoms with van der Waals surface area (Å²) in [6.45, 7) is 1.08. The van der Waals surface area contributed by atoms with Crippen molar-refractivity contribution in [2.24, 2.45) is 0 Å². The minimum absolute atomic E-state index is 0.257. The van der Waals surface area contributed by atoms with Crippen LogP contribution in [0, 0.1) is 5.82 Å². The van der Waals surface area contributed by atoms with E-state index in [0.29, 0.717) is 11.8 Å². The van der Waals surface area contributed by atoms with Gasteiger partial charge in [-0.15, -0.1) is 0 Å². The summed E-state index contributed by atoms with van der Waals surface area (Å²) in [5.41, 5.74) is 1.10. The molecule has 0 unspecified atom stereocenters. The first-order valence-corrected chi connectivity index (χ1v) is 6.96. The highest BCUT2D eigenvalue weighted by molar-refractivity contribution is 6.32. The number of benzene rings is 1. The predicted octanol–water partition coefficient (Wildman–Crippen LogP) is 3.90. The molecule has 1 aromatic carbocycles. The molecule has 20 heavy (non-hydrogen) atoms. The van der Waals surface area contributed by atoms with Gasteiger partial charge in [0.2, 0.25) is 0 Å². The number of hydrogen-bond acceptors (Lipinski definition) is 3. The lowest BCUT2D eigenvalue weighted by molar-refractivity contribution is 0.270. The lowest BCUT2D eigenvalue weighted by Crippen LogP contribution is -2.14. The fourth-order valence-corrected chi connectivity index (χ4v) is 2.11. The maximum absolute atomic E-state index is 12.9. The second-order valence-corrected chi connectivity index (χ2v) is 5.35. The van der Waals surface area contributed by atoms with Crippen molar-refractivity contribution in [3.8, 4) is 5.75 Å². The Kier molecular flexibility index (Phi) is 3.94. The minimum atomic E-state index is -0.381. The molecule has 1 aromatic heterocycles. The number of hydrogen-bond donors (Lipinski definition) is 1. The number of furan rings is 1. The quantitative estimate of drug-likeness (QED) is 0.877. The smallest absolute Gasteiger partial charge is 0.146 e. The van der Waals surface area contributed by atoms with E-state index in [0.717, 1.165) is 17.9 Å². The number of ether oxygens (including phenoxy) is 1. The fourth-order valence-electron chi connectivity index (χ4n) is 1.89. The van der Waals surface area contributed by atoms with Gasteiger partial charge < -0.3 is 14.5 Å². The summed E-state index contributed by atoms with van der Waals surface area (Å²) in [4.78, 5) is 0. The molecule has 0 amide bonds. The Bertz CT molecular complexity index is 595. The molecule has 0 saturated heterocycles. The van der Waals surface area contributed by atoms with Crippen LogP contribution >= 0.6 is 11.6 Å². The summed E-state index contributed by atoms with van der Waals surface area (Å²) in [7, 11) is 0. The maximum Gasteiger partial charge on any atom is 0.146 e. The fraction of sp³-hybridized carbons (Fsp3) is 0.333. The lowest BCUT2D eigenvalue weighted by Gasteiger charge is -2.05. The third-order valence-electron chi connectivity index (χ3n) is 3.14. The number of rotatable bonds is 6. The van der Waals surface area contributed by atoms with E-state index in [1.54, 1.807) is 6.26 Å². The van der Waals surface area contributed by atoms with Crippen molar-refractivity contribution in [1.82, 2.24) is 5.32 Å². The summed E-state index contributed by atoms with van der Waals surface area (Å²) in [5.74, 6) is 0.786. The Balaban J connectivity index is 1.54. The van der Waals surface area contributed by atoms with Gasteiger partial charge in [-0.25, -0.2) is 4.39 Å². The molecular formula is C15H15ClFNO2. The van der Waals surface area contributed by atoms with Crippen LogP contribution in [0.3, 0.4) is 0 Å². The van der Waals surface area contributed by atoms with E-state index in [1.165, 1.54) is 31.0 Å². The summed E-state index contributed by atoms with van der Waals surface area (Å²) in [6, 6.07) is 6.67. The Morgan fingerprint density at radius 1 is 1.35 bits per heavy atom. The van der Waals surface area contributed by atoms with Crippen molar-refractivity contribution < 1.29 is 13.5 Å². The maximum atomic E-state index is 12.9. The van der Waals surface area contributed by atoms with Crippen LogP contribution in [0.5, 0.6) is 5.75 Å². The Labute approximate surface area is 121 Å². The topological polar surface area (TPSA) is 34.4 Å². The van der Waals surface area contributed by atoms with E-state index in [-0.39, 0.29) is 17.4 Å². The van der Waals surface area contributed by atoms with Gasteiger partial charge in [-0.2, -0.15) is 0 Å². The molecule has 1 N–H and O–H groups in total. The van der Waals surface area contributed by atoms with Crippen molar-refractivity contribution in [2.45, 2.75) is 32.0 Å². The molecular weight excluding hydrogens is 281 g/mol. The highest BCUT2D eigenvalue weighted by Gasteiger charge is 2.20. The van der Waals surface area contributed by atoms with Crippen molar-refractivity contribution in [1.29, 1.82) is 0 Å². The van der Waals surface area contributed by atoms with E-state index in [9.17, 15) is 4.39 Å². The van der Waals surface area contributed by atoms with Crippen molar-refractivity contribution in [2.75, 3.05) is 0 Å². The summed E-state index contributed by atoms with van der Waals surface area (Å²) < 4.78 is 23.8. The van der Waals surface area contributed by atoms with Gasteiger partial charge >= 0.3 is 0 Å². The third kappa shape index (κ3) is 3.52. The monoisotopic (exact) mass is 295 g/mol. The summed E-state index contributed by atoms with van der Waals surface area (Å²) in [5, 5.41) is 3.67.